The molecule has 2 fully saturated rings. The van der Waals surface area contributed by atoms with Crippen LogP contribution in [0.3, 0.4) is 0 Å². The van der Waals surface area contributed by atoms with E-state index in [2.05, 4.69) is 22.4 Å². The largest absolute Gasteiger partial charge is 0.416 e. The third kappa shape index (κ3) is 3.50. The summed E-state index contributed by atoms with van der Waals surface area (Å²) < 4.78 is 43.3. The molecule has 1 aliphatic carbocycles. The number of aromatic nitrogens is 2. The summed E-state index contributed by atoms with van der Waals surface area (Å²) >= 11 is 0. The molecule has 0 amide bonds. The van der Waals surface area contributed by atoms with Crippen molar-refractivity contribution in [1.29, 1.82) is 0 Å². The number of rotatable bonds is 2. The molecule has 0 spiro atoms. The van der Waals surface area contributed by atoms with Crippen LogP contribution in [0, 0.1) is 11.8 Å². The van der Waals surface area contributed by atoms with E-state index in [0.717, 1.165) is 31.4 Å². The molecule has 1 aliphatic heterocycles. The van der Waals surface area contributed by atoms with Gasteiger partial charge >= 0.3 is 6.18 Å². The standard InChI is InChI=1S/C19H20F3N3O2/c1-10-2-7-15-13(8-10)16(26)14(9-23-15)18-24-17(25-27-18)11-3-5-12(6-4-11)19(20,21)22/h3-6,10,13-15,23H,2,7-9H2,1H3. The third-order valence-electron chi connectivity index (χ3n) is 5.62. The summed E-state index contributed by atoms with van der Waals surface area (Å²) in [5.74, 6) is 0.486. The van der Waals surface area contributed by atoms with E-state index in [1.165, 1.54) is 12.1 Å². The van der Waals surface area contributed by atoms with Crippen LogP contribution in [-0.2, 0) is 11.0 Å². The second kappa shape index (κ2) is 6.74. The molecule has 1 saturated heterocycles. The van der Waals surface area contributed by atoms with Crippen LogP contribution in [-0.4, -0.2) is 28.5 Å². The van der Waals surface area contributed by atoms with Crippen molar-refractivity contribution in [3.8, 4) is 11.4 Å². The number of alkyl halides is 3. The number of hydrogen-bond acceptors (Lipinski definition) is 5. The zero-order chi connectivity index (χ0) is 19.2. The molecule has 1 aromatic carbocycles. The summed E-state index contributed by atoms with van der Waals surface area (Å²) in [6.45, 7) is 2.60. The zero-order valence-corrected chi connectivity index (χ0v) is 14.8. The zero-order valence-electron chi connectivity index (χ0n) is 14.8. The lowest BCUT2D eigenvalue weighted by atomic mass is 9.71. The van der Waals surface area contributed by atoms with Gasteiger partial charge in [-0.1, -0.05) is 24.2 Å². The van der Waals surface area contributed by atoms with E-state index in [1.54, 1.807) is 0 Å². The van der Waals surface area contributed by atoms with Gasteiger partial charge in [0.2, 0.25) is 11.7 Å². The molecule has 4 rings (SSSR count). The summed E-state index contributed by atoms with van der Waals surface area (Å²) in [6.07, 6.45) is -1.43. The molecule has 1 saturated carbocycles. The highest BCUT2D eigenvalue weighted by molar-refractivity contribution is 5.89. The monoisotopic (exact) mass is 379 g/mol. The lowest BCUT2D eigenvalue weighted by molar-refractivity contribution is -0.137. The van der Waals surface area contributed by atoms with Gasteiger partial charge in [0.15, 0.2) is 5.78 Å². The lowest BCUT2D eigenvalue weighted by Crippen LogP contribution is -2.52. The SMILES string of the molecule is CC1CCC2NCC(c3nc(-c4ccc(C(F)(F)F)cc4)no3)C(=O)C2C1. The fourth-order valence-electron chi connectivity index (χ4n) is 4.08. The van der Waals surface area contributed by atoms with Gasteiger partial charge in [0.1, 0.15) is 5.92 Å². The van der Waals surface area contributed by atoms with Gasteiger partial charge in [0, 0.05) is 24.1 Å². The van der Waals surface area contributed by atoms with Crippen LogP contribution in [0.25, 0.3) is 11.4 Å². The molecule has 4 unspecified atom stereocenters. The van der Waals surface area contributed by atoms with Crippen LogP contribution >= 0.6 is 0 Å². The van der Waals surface area contributed by atoms with Gasteiger partial charge in [0.25, 0.3) is 0 Å². The highest BCUT2D eigenvalue weighted by Gasteiger charge is 2.43. The number of Topliss-reactive ketones (excluding diaryl/α,β-unsaturated/α-hetero) is 1. The predicted octanol–water partition coefficient (Wildman–Crippen LogP) is 3.82. The maximum Gasteiger partial charge on any atom is 0.416 e. The molecule has 0 radical (unpaired) electrons. The van der Waals surface area contributed by atoms with Crippen molar-refractivity contribution < 1.29 is 22.5 Å². The van der Waals surface area contributed by atoms with Gasteiger partial charge in [-0.25, -0.2) is 0 Å². The number of carbonyl (C=O) groups is 1. The van der Waals surface area contributed by atoms with Crippen molar-refractivity contribution >= 4 is 5.78 Å². The molecule has 4 atom stereocenters. The Labute approximate surface area is 154 Å². The first-order valence-corrected chi connectivity index (χ1v) is 9.11. The Morgan fingerprint density at radius 3 is 2.63 bits per heavy atom. The second-order valence-electron chi connectivity index (χ2n) is 7.53. The first-order chi connectivity index (χ1) is 12.8. The van der Waals surface area contributed by atoms with Gasteiger partial charge in [-0.2, -0.15) is 18.2 Å². The topological polar surface area (TPSA) is 68.0 Å². The van der Waals surface area contributed by atoms with Crippen LogP contribution in [0.5, 0.6) is 0 Å². The Morgan fingerprint density at radius 1 is 1.19 bits per heavy atom. The minimum Gasteiger partial charge on any atom is -0.338 e. The van der Waals surface area contributed by atoms with Crippen LogP contribution in [0.15, 0.2) is 28.8 Å². The summed E-state index contributed by atoms with van der Waals surface area (Å²) in [5.41, 5.74) is -0.322. The number of benzene rings is 1. The molecule has 8 heteroatoms. The molecule has 0 bridgehead atoms. The number of carbonyl (C=O) groups excluding carboxylic acids is 1. The first kappa shape index (κ1) is 18.2. The number of halogens is 3. The van der Waals surface area contributed by atoms with Crippen LogP contribution in [0.1, 0.15) is 43.6 Å². The van der Waals surface area contributed by atoms with Gasteiger partial charge in [-0.05, 0) is 37.3 Å². The predicted molar refractivity (Wildman–Crippen MR) is 90.8 cm³/mol. The van der Waals surface area contributed by atoms with E-state index in [0.29, 0.717) is 18.0 Å². The van der Waals surface area contributed by atoms with E-state index in [9.17, 15) is 18.0 Å². The van der Waals surface area contributed by atoms with E-state index in [-0.39, 0.29) is 29.5 Å². The Balaban J connectivity index is 1.53. The molecule has 5 nitrogen and oxygen atoms in total. The first-order valence-electron chi connectivity index (χ1n) is 9.11. The normalized spacial score (nSPS) is 28.8. The molecule has 1 N–H and O–H groups in total. The number of piperidine rings is 1. The molecule has 144 valence electrons. The molecular weight excluding hydrogens is 359 g/mol. The molecular formula is C19H20F3N3O2. The van der Waals surface area contributed by atoms with E-state index >= 15 is 0 Å². The molecule has 2 heterocycles. The highest BCUT2D eigenvalue weighted by Crippen LogP contribution is 2.37. The Kier molecular flexibility index (Phi) is 4.53. The highest BCUT2D eigenvalue weighted by atomic mass is 19.4. The van der Waals surface area contributed by atoms with E-state index < -0.39 is 17.7 Å². The van der Waals surface area contributed by atoms with Crippen molar-refractivity contribution in [3.63, 3.8) is 0 Å². The molecule has 1 aromatic heterocycles. The minimum absolute atomic E-state index is 0.0473. The van der Waals surface area contributed by atoms with E-state index in [1.807, 2.05) is 0 Å². The van der Waals surface area contributed by atoms with Crippen molar-refractivity contribution in [3.05, 3.63) is 35.7 Å². The number of nitrogens with zero attached hydrogens (tertiary/aromatic N) is 2. The summed E-state index contributed by atoms with van der Waals surface area (Å²) in [5, 5.41) is 7.28. The van der Waals surface area contributed by atoms with Gasteiger partial charge in [-0.3, -0.25) is 4.79 Å². The average molecular weight is 379 g/mol. The third-order valence-corrected chi connectivity index (χ3v) is 5.62. The number of ketones is 1. The van der Waals surface area contributed by atoms with Crippen molar-refractivity contribution in [1.82, 2.24) is 15.5 Å². The van der Waals surface area contributed by atoms with Crippen molar-refractivity contribution in [2.75, 3.05) is 6.54 Å². The maximum atomic E-state index is 12.9. The Hall–Kier alpha value is -2.22. The fraction of sp³-hybridized carbons (Fsp3) is 0.526. The van der Waals surface area contributed by atoms with E-state index in [4.69, 9.17) is 4.52 Å². The Morgan fingerprint density at radius 2 is 1.93 bits per heavy atom. The Bertz CT molecular complexity index is 831. The molecule has 2 aromatic rings. The van der Waals surface area contributed by atoms with Crippen molar-refractivity contribution in [2.45, 2.75) is 44.3 Å². The fourth-order valence-corrected chi connectivity index (χ4v) is 4.08. The minimum atomic E-state index is -4.39. The maximum absolute atomic E-state index is 12.9. The quantitative estimate of drug-likeness (QED) is 0.859. The van der Waals surface area contributed by atoms with Gasteiger partial charge in [0.05, 0.1) is 5.56 Å². The van der Waals surface area contributed by atoms with Gasteiger partial charge in [-0.15, -0.1) is 0 Å². The lowest BCUT2D eigenvalue weighted by Gasteiger charge is -2.40. The van der Waals surface area contributed by atoms with Gasteiger partial charge < -0.3 is 9.84 Å². The van der Waals surface area contributed by atoms with Crippen LogP contribution in [0.2, 0.25) is 0 Å². The van der Waals surface area contributed by atoms with Crippen LogP contribution in [0.4, 0.5) is 13.2 Å². The summed E-state index contributed by atoms with van der Waals surface area (Å²) in [6, 6.07) is 4.77. The number of nitrogens with one attached hydrogen (secondary N) is 1. The summed E-state index contributed by atoms with van der Waals surface area (Å²) in [7, 11) is 0. The second-order valence-corrected chi connectivity index (χ2v) is 7.53. The molecule has 2 aliphatic rings. The van der Waals surface area contributed by atoms with Crippen molar-refractivity contribution in [2.24, 2.45) is 11.8 Å². The smallest absolute Gasteiger partial charge is 0.338 e. The molecule has 27 heavy (non-hydrogen) atoms. The number of fused-ring (bicyclic) bond motifs is 1. The average Bonchev–Trinajstić information content (AvgIpc) is 3.12. The van der Waals surface area contributed by atoms with Crippen LogP contribution < -0.4 is 5.32 Å². The number of hydrogen-bond donors (Lipinski definition) is 1. The summed E-state index contributed by atoms with van der Waals surface area (Å²) in [4.78, 5) is 17.2.